The molecule has 0 radical (unpaired) electrons. The van der Waals surface area contributed by atoms with Crippen LogP contribution < -0.4 is 5.43 Å². The first-order chi connectivity index (χ1) is 14.1. The number of nitrogens with one attached hydrogen (secondary N) is 1. The molecule has 2 heterocycles. The number of hydrogen-bond acceptors (Lipinski definition) is 7. The second-order valence-corrected chi connectivity index (χ2v) is 8.46. The van der Waals surface area contributed by atoms with Crippen molar-refractivity contribution in [2.75, 3.05) is 18.5 Å². The molecule has 4 rings (SSSR count). The highest BCUT2D eigenvalue weighted by atomic mass is 32.1. The van der Waals surface area contributed by atoms with E-state index in [9.17, 15) is 5.11 Å². The molecule has 0 bridgehead atoms. The van der Waals surface area contributed by atoms with Crippen LogP contribution >= 0.6 is 11.3 Å². The number of nitrogens with zero attached hydrogens (tertiary/aromatic N) is 4. The van der Waals surface area contributed by atoms with E-state index in [4.69, 9.17) is 0 Å². The Morgan fingerprint density at radius 3 is 2.86 bits per heavy atom. The van der Waals surface area contributed by atoms with Gasteiger partial charge in [-0.25, -0.2) is 9.97 Å². The van der Waals surface area contributed by atoms with Gasteiger partial charge in [-0.15, -0.1) is 11.3 Å². The Balaban J connectivity index is 1.59. The van der Waals surface area contributed by atoms with Crippen LogP contribution in [0.15, 0.2) is 29.6 Å². The number of thiophene rings is 1. The summed E-state index contributed by atoms with van der Waals surface area (Å²) < 4.78 is 0. The Kier molecular flexibility index (Phi) is 5.78. The van der Waals surface area contributed by atoms with Crippen molar-refractivity contribution in [2.45, 2.75) is 46.6 Å². The van der Waals surface area contributed by atoms with Crippen LogP contribution in [0.1, 0.15) is 48.8 Å². The minimum Gasteiger partial charge on any atom is -0.508 e. The summed E-state index contributed by atoms with van der Waals surface area (Å²) in [5, 5.41) is 16.0. The number of phenols is 1. The van der Waals surface area contributed by atoms with E-state index >= 15 is 0 Å². The van der Waals surface area contributed by atoms with Gasteiger partial charge in [0.15, 0.2) is 5.82 Å². The average molecular weight is 410 g/mol. The van der Waals surface area contributed by atoms with Gasteiger partial charge in [0.25, 0.3) is 0 Å². The van der Waals surface area contributed by atoms with Crippen LogP contribution in [0, 0.1) is 0 Å². The van der Waals surface area contributed by atoms with Crippen LogP contribution in [0.3, 0.4) is 0 Å². The Bertz CT molecular complexity index is 1050. The first kappa shape index (κ1) is 19.8. The van der Waals surface area contributed by atoms with E-state index in [-0.39, 0.29) is 0 Å². The first-order valence-corrected chi connectivity index (χ1v) is 11.0. The first-order valence-electron chi connectivity index (χ1n) is 10.2. The van der Waals surface area contributed by atoms with Gasteiger partial charge in [-0.05, 0) is 68.6 Å². The maximum Gasteiger partial charge on any atom is 0.158 e. The molecule has 6 nitrogen and oxygen atoms in total. The molecule has 0 fully saturated rings. The number of aromatic nitrogens is 2. The summed E-state index contributed by atoms with van der Waals surface area (Å²) in [5.41, 5.74) is 7.30. The molecule has 7 heteroatoms. The predicted octanol–water partition coefficient (Wildman–Crippen LogP) is 4.56. The zero-order valence-electron chi connectivity index (χ0n) is 17.2. The molecule has 0 atom stereocenters. The van der Waals surface area contributed by atoms with Gasteiger partial charge >= 0.3 is 0 Å². The summed E-state index contributed by atoms with van der Waals surface area (Å²) in [7, 11) is 0. The van der Waals surface area contributed by atoms with Crippen molar-refractivity contribution < 1.29 is 5.11 Å². The van der Waals surface area contributed by atoms with Crippen LogP contribution in [0.2, 0.25) is 0 Å². The Morgan fingerprint density at radius 2 is 2.07 bits per heavy atom. The van der Waals surface area contributed by atoms with Gasteiger partial charge in [0.1, 0.15) is 16.9 Å². The van der Waals surface area contributed by atoms with Crippen molar-refractivity contribution >= 4 is 33.1 Å². The number of hydrogen-bond donors (Lipinski definition) is 2. The molecule has 1 aromatic carbocycles. The lowest BCUT2D eigenvalue weighted by molar-refractivity contribution is 0.291. The van der Waals surface area contributed by atoms with Crippen molar-refractivity contribution in [3.8, 4) is 5.75 Å². The van der Waals surface area contributed by atoms with Crippen LogP contribution in [-0.2, 0) is 19.4 Å². The third-order valence-corrected chi connectivity index (χ3v) is 6.82. The van der Waals surface area contributed by atoms with Gasteiger partial charge in [-0.3, -0.25) is 10.3 Å². The number of aryl methyl sites for hydroxylation is 2. The minimum absolute atomic E-state index is 0.327. The molecule has 152 valence electrons. The molecule has 0 amide bonds. The largest absolute Gasteiger partial charge is 0.508 e. The maximum absolute atomic E-state index is 10.3. The molecule has 0 aliphatic heterocycles. The van der Waals surface area contributed by atoms with E-state index in [0.717, 1.165) is 65.3 Å². The third kappa shape index (κ3) is 3.97. The van der Waals surface area contributed by atoms with Gasteiger partial charge in [-0.2, -0.15) is 5.10 Å². The van der Waals surface area contributed by atoms with E-state index in [1.165, 1.54) is 16.9 Å². The summed E-state index contributed by atoms with van der Waals surface area (Å²) in [4.78, 5) is 13.6. The number of fused-ring (bicyclic) bond motifs is 3. The highest BCUT2D eigenvalue weighted by Gasteiger charge is 2.21. The topological polar surface area (TPSA) is 73.6 Å². The number of hydrazone groups is 1. The maximum atomic E-state index is 10.3. The Morgan fingerprint density at radius 1 is 1.24 bits per heavy atom. The summed E-state index contributed by atoms with van der Waals surface area (Å²) in [6.07, 6.45) is 5.04. The normalized spacial score (nSPS) is 14.0. The van der Waals surface area contributed by atoms with Crippen LogP contribution in [-0.4, -0.2) is 38.8 Å². The second kappa shape index (κ2) is 8.47. The van der Waals surface area contributed by atoms with Crippen LogP contribution in [0.5, 0.6) is 5.75 Å². The molecule has 29 heavy (non-hydrogen) atoms. The number of phenolic OH excluding ortho intramolecular Hbond substituents is 1. The Hall–Kier alpha value is -2.51. The van der Waals surface area contributed by atoms with Gasteiger partial charge in [0, 0.05) is 17.0 Å². The lowest BCUT2D eigenvalue weighted by Gasteiger charge is -2.19. The van der Waals surface area contributed by atoms with E-state index in [1.54, 1.807) is 23.7 Å². The average Bonchev–Trinajstić information content (AvgIpc) is 3.32. The van der Waals surface area contributed by atoms with E-state index < -0.39 is 0 Å². The lowest BCUT2D eigenvalue weighted by Crippen LogP contribution is -2.22. The van der Waals surface area contributed by atoms with Gasteiger partial charge < -0.3 is 5.11 Å². The standard InChI is InChI=1S/C22H27N5OS/c1-4-27(5-2)12-16-11-15(9-10-18(16)28)14(3)25-26-21-20-17-7-6-8-19(17)29-22(20)24-13-23-21/h9-11,13,28H,4-8,12H2,1-3H3,(H,23,24,26)/b25-14+. The van der Waals surface area contributed by atoms with Crippen molar-refractivity contribution in [1.82, 2.24) is 14.9 Å². The van der Waals surface area contributed by atoms with Gasteiger partial charge in [0.05, 0.1) is 11.1 Å². The van der Waals surface area contributed by atoms with Crippen molar-refractivity contribution in [2.24, 2.45) is 5.10 Å². The molecular formula is C22H27N5OS. The van der Waals surface area contributed by atoms with Gasteiger partial charge in [-0.1, -0.05) is 13.8 Å². The number of anilines is 1. The minimum atomic E-state index is 0.327. The molecule has 1 aliphatic carbocycles. The van der Waals surface area contributed by atoms with E-state index in [1.807, 2.05) is 19.1 Å². The quantitative estimate of drug-likeness (QED) is 0.442. The van der Waals surface area contributed by atoms with E-state index in [2.05, 4.69) is 39.2 Å². The fourth-order valence-corrected chi connectivity index (χ4v) is 5.07. The highest BCUT2D eigenvalue weighted by Crippen LogP contribution is 2.39. The molecule has 2 aromatic heterocycles. The third-order valence-electron chi connectivity index (χ3n) is 5.62. The second-order valence-electron chi connectivity index (χ2n) is 7.37. The fraction of sp³-hybridized carbons (Fsp3) is 0.409. The zero-order valence-corrected chi connectivity index (χ0v) is 18.0. The fourth-order valence-electron chi connectivity index (χ4n) is 3.84. The van der Waals surface area contributed by atoms with Crippen molar-refractivity contribution in [3.05, 3.63) is 46.1 Å². The predicted molar refractivity (Wildman–Crippen MR) is 120 cm³/mol. The smallest absolute Gasteiger partial charge is 0.158 e. The molecule has 0 saturated carbocycles. The Labute approximate surface area is 175 Å². The molecule has 0 spiro atoms. The highest BCUT2D eigenvalue weighted by molar-refractivity contribution is 7.19. The number of aromatic hydroxyl groups is 1. The lowest BCUT2D eigenvalue weighted by atomic mass is 10.1. The number of rotatable bonds is 7. The summed E-state index contributed by atoms with van der Waals surface area (Å²) in [6.45, 7) is 8.85. The van der Waals surface area contributed by atoms with Crippen LogP contribution in [0.25, 0.3) is 10.2 Å². The molecular weight excluding hydrogens is 382 g/mol. The van der Waals surface area contributed by atoms with Crippen molar-refractivity contribution in [1.29, 1.82) is 0 Å². The molecule has 1 aliphatic rings. The molecule has 2 N–H and O–H groups in total. The van der Waals surface area contributed by atoms with Crippen LogP contribution in [0.4, 0.5) is 5.82 Å². The number of benzene rings is 1. The zero-order chi connectivity index (χ0) is 20.4. The summed E-state index contributed by atoms with van der Waals surface area (Å²) >= 11 is 1.77. The molecule has 0 saturated heterocycles. The van der Waals surface area contributed by atoms with E-state index in [0.29, 0.717) is 5.75 Å². The summed E-state index contributed by atoms with van der Waals surface area (Å²) in [6, 6.07) is 5.67. The van der Waals surface area contributed by atoms with Crippen molar-refractivity contribution in [3.63, 3.8) is 0 Å². The molecule has 0 unspecified atom stereocenters. The molecule has 3 aromatic rings. The summed E-state index contributed by atoms with van der Waals surface area (Å²) in [5.74, 6) is 1.10. The monoisotopic (exact) mass is 409 g/mol. The van der Waals surface area contributed by atoms with Gasteiger partial charge in [0.2, 0.25) is 0 Å². The SMILES string of the molecule is CCN(CC)Cc1cc(/C(C)=N/Nc2ncnc3sc4c(c23)CCC4)ccc1O.